The number of rotatable bonds is 16. The number of hydrogen-bond acceptors (Lipinski definition) is 4. The van der Waals surface area contributed by atoms with E-state index in [4.69, 9.17) is 14.2 Å². The van der Waals surface area contributed by atoms with Crippen molar-refractivity contribution in [2.24, 2.45) is 0 Å². The van der Waals surface area contributed by atoms with Gasteiger partial charge in [-0.25, -0.2) is 0 Å². The molecule has 0 heterocycles. The van der Waals surface area contributed by atoms with E-state index in [2.05, 4.69) is 30.8 Å². The quantitative estimate of drug-likeness (QED) is 0.218. The molecular formula is C28H40O4. The van der Waals surface area contributed by atoms with Gasteiger partial charge in [0, 0.05) is 5.56 Å². The van der Waals surface area contributed by atoms with Crippen molar-refractivity contribution in [2.75, 3.05) is 21.3 Å². The van der Waals surface area contributed by atoms with Gasteiger partial charge >= 0.3 is 0 Å². The molecule has 0 fully saturated rings. The lowest BCUT2D eigenvalue weighted by molar-refractivity contribution is 0.307. The van der Waals surface area contributed by atoms with Crippen molar-refractivity contribution in [3.8, 4) is 23.0 Å². The van der Waals surface area contributed by atoms with Gasteiger partial charge in [0.2, 0.25) is 11.5 Å². The standard InChI is InChI=1S/C28H40O4/c1-5-6-7-8-9-10-11-15-18-23(20-19-22-16-13-12-14-17-22)24-21-25(30-2)27(31-3)28(32-4)26(24)29/h5,12-14,16-17,21,23,29H,1,6-11,15,18-20H2,2-4H3. The van der Waals surface area contributed by atoms with Gasteiger partial charge in [0.25, 0.3) is 0 Å². The Morgan fingerprint density at radius 2 is 1.50 bits per heavy atom. The number of unbranched alkanes of at least 4 members (excludes halogenated alkanes) is 6. The van der Waals surface area contributed by atoms with E-state index in [1.807, 2.05) is 18.2 Å². The molecule has 176 valence electrons. The van der Waals surface area contributed by atoms with Crippen LogP contribution in [-0.4, -0.2) is 26.4 Å². The van der Waals surface area contributed by atoms with Crippen LogP contribution in [0.1, 0.15) is 74.8 Å². The molecule has 2 rings (SSSR count). The molecule has 2 aromatic carbocycles. The van der Waals surface area contributed by atoms with Crippen LogP contribution in [0.15, 0.2) is 49.1 Å². The van der Waals surface area contributed by atoms with Gasteiger partial charge in [-0.3, -0.25) is 0 Å². The first-order valence-corrected chi connectivity index (χ1v) is 11.8. The fourth-order valence-corrected chi connectivity index (χ4v) is 4.30. The van der Waals surface area contributed by atoms with Crippen molar-refractivity contribution < 1.29 is 19.3 Å². The summed E-state index contributed by atoms with van der Waals surface area (Å²) in [6.45, 7) is 3.79. The van der Waals surface area contributed by atoms with Crippen LogP contribution < -0.4 is 14.2 Å². The maximum absolute atomic E-state index is 11.0. The first-order valence-electron chi connectivity index (χ1n) is 11.8. The largest absolute Gasteiger partial charge is 0.504 e. The summed E-state index contributed by atoms with van der Waals surface area (Å²) in [4.78, 5) is 0. The van der Waals surface area contributed by atoms with Crippen LogP contribution in [0, 0.1) is 0 Å². The molecule has 0 amide bonds. The number of aromatic hydroxyl groups is 1. The number of aryl methyl sites for hydroxylation is 1. The summed E-state index contributed by atoms with van der Waals surface area (Å²) in [5, 5.41) is 11.0. The van der Waals surface area contributed by atoms with Gasteiger partial charge < -0.3 is 19.3 Å². The lowest BCUT2D eigenvalue weighted by Gasteiger charge is -2.22. The van der Waals surface area contributed by atoms with Crippen molar-refractivity contribution in [2.45, 2.75) is 70.1 Å². The van der Waals surface area contributed by atoms with E-state index in [1.54, 1.807) is 21.3 Å². The Bertz CT molecular complexity index is 801. The lowest BCUT2D eigenvalue weighted by atomic mass is 9.86. The number of phenols is 1. The van der Waals surface area contributed by atoms with Crippen molar-refractivity contribution in [3.63, 3.8) is 0 Å². The van der Waals surface area contributed by atoms with Crippen molar-refractivity contribution in [1.29, 1.82) is 0 Å². The van der Waals surface area contributed by atoms with Gasteiger partial charge in [-0.15, -0.1) is 6.58 Å². The highest BCUT2D eigenvalue weighted by Crippen LogP contribution is 2.49. The highest BCUT2D eigenvalue weighted by atomic mass is 16.5. The second kappa shape index (κ2) is 14.4. The molecule has 32 heavy (non-hydrogen) atoms. The van der Waals surface area contributed by atoms with E-state index in [-0.39, 0.29) is 11.7 Å². The van der Waals surface area contributed by atoms with Crippen molar-refractivity contribution >= 4 is 0 Å². The van der Waals surface area contributed by atoms with Crippen LogP contribution in [0.3, 0.4) is 0 Å². The molecule has 0 aliphatic rings. The van der Waals surface area contributed by atoms with E-state index < -0.39 is 0 Å². The molecule has 0 bridgehead atoms. The summed E-state index contributed by atoms with van der Waals surface area (Å²) in [7, 11) is 4.72. The summed E-state index contributed by atoms with van der Waals surface area (Å²) < 4.78 is 16.5. The summed E-state index contributed by atoms with van der Waals surface area (Å²) >= 11 is 0. The van der Waals surface area contributed by atoms with E-state index >= 15 is 0 Å². The first kappa shape index (κ1) is 25.6. The van der Waals surface area contributed by atoms with Crippen LogP contribution in [0.25, 0.3) is 0 Å². The van der Waals surface area contributed by atoms with Gasteiger partial charge in [0.05, 0.1) is 21.3 Å². The highest BCUT2D eigenvalue weighted by molar-refractivity contribution is 5.63. The first-order chi connectivity index (χ1) is 15.7. The van der Waals surface area contributed by atoms with Gasteiger partial charge in [0.15, 0.2) is 11.5 Å². The number of phenolic OH excluding ortho intramolecular Hbond substituents is 1. The number of benzene rings is 2. The Kier molecular flexibility index (Phi) is 11.6. The van der Waals surface area contributed by atoms with Crippen LogP contribution in [0.5, 0.6) is 23.0 Å². The molecule has 4 nitrogen and oxygen atoms in total. The molecule has 0 radical (unpaired) electrons. The Hall–Kier alpha value is -2.62. The Labute approximate surface area is 194 Å². The summed E-state index contributed by atoms with van der Waals surface area (Å²) in [6.07, 6.45) is 13.4. The van der Waals surface area contributed by atoms with E-state index in [0.29, 0.717) is 17.2 Å². The monoisotopic (exact) mass is 440 g/mol. The Morgan fingerprint density at radius 3 is 2.12 bits per heavy atom. The molecular weight excluding hydrogens is 400 g/mol. The van der Waals surface area contributed by atoms with E-state index in [9.17, 15) is 5.11 Å². The maximum Gasteiger partial charge on any atom is 0.207 e. The Morgan fingerprint density at radius 1 is 0.844 bits per heavy atom. The second-order valence-corrected chi connectivity index (χ2v) is 8.29. The fraction of sp³-hybridized carbons (Fsp3) is 0.500. The van der Waals surface area contributed by atoms with Crippen LogP contribution in [0.2, 0.25) is 0 Å². The minimum Gasteiger partial charge on any atom is -0.504 e. The number of methoxy groups -OCH3 is 3. The lowest BCUT2D eigenvalue weighted by Crippen LogP contribution is -2.05. The molecule has 1 N–H and O–H groups in total. The molecule has 2 aromatic rings. The topological polar surface area (TPSA) is 47.9 Å². The van der Waals surface area contributed by atoms with E-state index in [0.717, 1.165) is 37.7 Å². The van der Waals surface area contributed by atoms with Gasteiger partial charge in [-0.1, -0.05) is 68.5 Å². The highest BCUT2D eigenvalue weighted by Gasteiger charge is 2.25. The maximum atomic E-state index is 11.0. The third-order valence-corrected chi connectivity index (χ3v) is 6.11. The molecule has 0 aliphatic carbocycles. The smallest absolute Gasteiger partial charge is 0.207 e. The zero-order chi connectivity index (χ0) is 23.2. The predicted octanol–water partition coefficient (Wildman–Crippen LogP) is 7.44. The average Bonchev–Trinajstić information content (AvgIpc) is 2.83. The van der Waals surface area contributed by atoms with Crippen molar-refractivity contribution in [1.82, 2.24) is 0 Å². The molecule has 0 saturated heterocycles. The van der Waals surface area contributed by atoms with Crippen LogP contribution in [0.4, 0.5) is 0 Å². The molecule has 1 unspecified atom stereocenters. The summed E-state index contributed by atoms with van der Waals surface area (Å²) in [6, 6.07) is 12.4. The van der Waals surface area contributed by atoms with Crippen LogP contribution in [-0.2, 0) is 6.42 Å². The fourth-order valence-electron chi connectivity index (χ4n) is 4.30. The third kappa shape index (κ3) is 7.51. The summed E-state index contributed by atoms with van der Waals surface area (Å²) in [5.74, 6) is 1.73. The molecule has 0 aliphatic heterocycles. The number of allylic oxidation sites excluding steroid dienone is 1. The number of ether oxygens (including phenoxy) is 3. The zero-order valence-electron chi connectivity index (χ0n) is 20.1. The normalized spacial score (nSPS) is 11.7. The van der Waals surface area contributed by atoms with E-state index in [1.165, 1.54) is 37.7 Å². The SMILES string of the molecule is C=CCCCCCCCCC(CCc1ccccc1)c1cc(OC)c(OC)c(OC)c1O. The van der Waals surface area contributed by atoms with Gasteiger partial charge in [-0.05, 0) is 49.7 Å². The number of hydrogen-bond donors (Lipinski definition) is 1. The molecule has 0 saturated carbocycles. The molecule has 0 spiro atoms. The minimum atomic E-state index is 0.160. The van der Waals surface area contributed by atoms with Crippen molar-refractivity contribution in [3.05, 3.63) is 60.2 Å². The van der Waals surface area contributed by atoms with Crippen LogP contribution >= 0.6 is 0 Å². The third-order valence-electron chi connectivity index (χ3n) is 6.11. The Balaban J connectivity index is 2.13. The predicted molar refractivity (Wildman–Crippen MR) is 132 cm³/mol. The van der Waals surface area contributed by atoms with Gasteiger partial charge in [-0.2, -0.15) is 0 Å². The summed E-state index contributed by atoms with van der Waals surface area (Å²) in [5.41, 5.74) is 2.19. The molecule has 0 aromatic heterocycles. The minimum absolute atomic E-state index is 0.160. The molecule has 1 atom stereocenters. The molecule has 4 heteroatoms. The second-order valence-electron chi connectivity index (χ2n) is 8.29. The average molecular weight is 441 g/mol. The van der Waals surface area contributed by atoms with Gasteiger partial charge in [0.1, 0.15) is 0 Å². The zero-order valence-corrected chi connectivity index (χ0v) is 20.1.